The van der Waals surface area contributed by atoms with Crippen LogP contribution in [0.3, 0.4) is 0 Å². The van der Waals surface area contributed by atoms with Crippen LogP contribution >= 0.6 is 0 Å². The van der Waals surface area contributed by atoms with Gasteiger partial charge in [0, 0.05) is 31.9 Å². The summed E-state index contributed by atoms with van der Waals surface area (Å²) >= 11 is 0. The number of carbonyl (C=O) groups is 2. The molecular formula is C15H20N2O3. The van der Waals surface area contributed by atoms with Gasteiger partial charge in [-0.2, -0.15) is 0 Å². The Morgan fingerprint density at radius 1 is 1.45 bits per heavy atom. The number of anilines is 1. The number of fused-ring (bicyclic) bond motifs is 1. The van der Waals surface area contributed by atoms with Crippen molar-refractivity contribution in [2.45, 2.75) is 25.7 Å². The molecular weight excluding hydrogens is 256 g/mol. The molecule has 1 heterocycles. The van der Waals surface area contributed by atoms with E-state index in [1.54, 1.807) is 0 Å². The highest BCUT2D eigenvalue weighted by Crippen LogP contribution is 2.31. The fourth-order valence-corrected chi connectivity index (χ4v) is 2.30. The molecule has 5 heteroatoms. The van der Waals surface area contributed by atoms with E-state index >= 15 is 0 Å². The maximum absolute atomic E-state index is 12.2. The Hall–Kier alpha value is -1.88. The zero-order valence-corrected chi connectivity index (χ0v) is 11.6. The Morgan fingerprint density at radius 2 is 2.25 bits per heavy atom. The lowest BCUT2D eigenvalue weighted by Gasteiger charge is -2.24. The summed E-state index contributed by atoms with van der Waals surface area (Å²) in [5.74, 6) is -0.603. The summed E-state index contributed by atoms with van der Waals surface area (Å²) in [5, 5.41) is 5.66. The van der Waals surface area contributed by atoms with Crippen molar-refractivity contribution in [3.8, 4) is 0 Å². The summed E-state index contributed by atoms with van der Waals surface area (Å²) in [7, 11) is 0. The first kappa shape index (κ1) is 14.5. The minimum Gasteiger partial charge on any atom is -0.382 e. The van der Waals surface area contributed by atoms with Gasteiger partial charge in [0.1, 0.15) is 0 Å². The highest BCUT2D eigenvalue weighted by molar-refractivity contribution is 6.01. The average Bonchev–Trinajstić information content (AvgIpc) is 2.46. The van der Waals surface area contributed by atoms with Gasteiger partial charge in [0.2, 0.25) is 11.8 Å². The summed E-state index contributed by atoms with van der Waals surface area (Å²) < 4.78 is 5.22. The van der Waals surface area contributed by atoms with Crippen molar-refractivity contribution in [3.63, 3.8) is 0 Å². The highest BCUT2D eigenvalue weighted by atomic mass is 16.5. The van der Waals surface area contributed by atoms with Gasteiger partial charge in [0.25, 0.3) is 0 Å². The molecule has 2 rings (SSSR count). The maximum Gasteiger partial charge on any atom is 0.228 e. The van der Waals surface area contributed by atoms with E-state index in [9.17, 15) is 9.59 Å². The smallest absolute Gasteiger partial charge is 0.228 e. The minimum atomic E-state index is -0.396. The lowest BCUT2D eigenvalue weighted by atomic mass is 9.90. The molecule has 20 heavy (non-hydrogen) atoms. The molecule has 2 N–H and O–H groups in total. The molecule has 0 radical (unpaired) electrons. The standard InChI is InChI=1S/C15H20N2O3/c1-2-20-9-5-8-16-15(19)12-10-14(18)17-13-7-4-3-6-11(12)13/h3-4,6-7,12H,2,5,8-10H2,1H3,(H,16,19)(H,17,18). The van der Waals surface area contributed by atoms with Gasteiger partial charge in [-0.05, 0) is 25.0 Å². The first-order valence-electron chi connectivity index (χ1n) is 6.96. The van der Waals surface area contributed by atoms with Crippen LogP contribution in [0, 0.1) is 0 Å². The number of para-hydroxylation sites is 1. The van der Waals surface area contributed by atoms with Crippen LogP contribution in [0.2, 0.25) is 0 Å². The van der Waals surface area contributed by atoms with Crippen LogP contribution in [0.5, 0.6) is 0 Å². The monoisotopic (exact) mass is 276 g/mol. The summed E-state index contributed by atoms with van der Waals surface area (Å²) in [6, 6.07) is 7.44. The van der Waals surface area contributed by atoms with E-state index in [0.717, 1.165) is 17.7 Å². The van der Waals surface area contributed by atoms with Gasteiger partial charge in [0.15, 0.2) is 0 Å². The fraction of sp³-hybridized carbons (Fsp3) is 0.467. The second-order valence-corrected chi connectivity index (χ2v) is 4.73. The van der Waals surface area contributed by atoms with E-state index in [1.165, 1.54) is 0 Å². The molecule has 0 saturated heterocycles. The van der Waals surface area contributed by atoms with Crippen molar-refractivity contribution in [1.29, 1.82) is 0 Å². The van der Waals surface area contributed by atoms with Crippen molar-refractivity contribution in [2.75, 3.05) is 25.1 Å². The van der Waals surface area contributed by atoms with E-state index in [1.807, 2.05) is 31.2 Å². The van der Waals surface area contributed by atoms with E-state index < -0.39 is 5.92 Å². The predicted octanol–water partition coefficient (Wildman–Crippen LogP) is 1.66. The van der Waals surface area contributed by atoms with Crippen molar-refractivity contribution < 1.29 is 14.3 Å². The molecule has 1 aliphatic heterocycles. The molecule has 0 fully saturated rings. The Kier molecular flexibility index (Phi) is 5.12. The van der Waals surface area contributed by atoms with Crippen molar-refractivity contribution >= 4 is 17.5 Å². The third kappa shape index (κ3) is 3.57. The number of benzene rings is 1. The SMILES string of the molecule is CCOCCCNC(=O)C1CC(=O)Nc2ccccc21. The van der Waals surface area contributed by atoms with Crippen LogP contribution in [-0.4, -0.2) is 31.6 Å². The van der Waals surface area contributed by atoms with Crippen molar-refractivity contribution in [1.82, 2.24) is 5.32 Å². The molecule has 1 unspecified atom stereocenters. The van der Waals surface area contributed by atoms with Crippen LogP contribution < -0.4 is 10.6 Å². The second-order valence-electron chi connectivity index (χ2n) is 4.73. The third-order valence-electron chi connectivity index (χ3n) is 3.29. The van der Waals surface area contributed by atoms with Crippen LogP contribution in [0.4, 0.5) is 5.69 Å². The van der Waals surface area contributed by atoms with Gasteiger partial charge in [-0.15, -0.1) is 0 Å². The molecule has 2 amide bonds. The number of ether oxygens (including phenoxy) is 1. The molecule has 1 aromatic rings. The number of carbonyl (C=O) groups excluding carboxylic acids is 2. The lowest BCUT2D eigenvalue weighted by molar-refractivity contribution is -0.126. The molecule has 1 aromatic carbocycles. The van der Waals surface area contributed by atoms with Crippen LogP contribution in [0.15, 0.2) is 24.3 Å². The largest absolute Gasteiger partial charge is 0.382 e. The zero-order chi connectivity index (χ0) is 14.4. The maximum atomic E-state index is 12.2. The number of hydrogen-bond donors (Lipinski definition) is 2. The molecule has 0 saturated carbocycles. The highest BCUT2D eigenvalue weighted by Gasteiger charge is 2.29. The molecule has 0 spiro atoms. The van der Waals surface area contributed by atoms with Crippen LogP contribution in [0.1, 0.15) is 31.2 Å². The number of rotatable bonds is 6. The Morgan fingerprint density at radius 3 is 3.05 bits per heavy atom. The second kappa shape index (κ2) is 7.05. The van der Waals surface area contributed by atoms with Crippen LogP contribution in [-0.2, 0) is 14.3 Å². The first-order chi connectivity index (χ1) is 9.72. The van der Waals surface area contributed by atoms with E-state index in [4.69, 9.17) is 4.74 Å². The summed E-state index contributed by atoms with van der Waals surface area (Å²) in [5.41, 5.74) is 1.62. The predicted molar refractivity (Wildman–Crippen MR) is 76.5 cm³/mol. The Balaban J connectivity index is 1.94. The number of hydrogen-bond acceptors (Lipinski definition) is 3. The molecule has 0 bridgehead atoms. The van der Waals surface area contributed by atoms with Gasteiger partial charge in [0.05, 0.1) is 5.92 Å². The Bertz CT molecular complexity index is 488. The normalized spacial score (nSPS) is 17.2. The van der Waals surface area contributed by atoms with Gasteiger partial charge in [-0.25, -0.2) is 0 Å². The number of nitrogens with one attached hydrogen (secondary N) is 2. The number of amides is 2. The van der Waals surface area contributed by atoms with E-state index in [-0.39, 0.29) is 18.2 Å². The lowest BCUT2D eigenvalue weighted by Crippen LogP contribution is -2.35. The van der Waals surface area contributed by atoms with Gasteiger partial charge in [-0.1, -0.05) is 18.2 Å². The summed E-state index contributed by atoms with van der Waals surface area (Å²) in [6.07, 6.45) is 0.981. The molecule has 5 nitrogen and oxygen atoms in total. The van der Waals surface area contributed by atoms with Crippen LogP contribution in [0.25, 0.3) is 0 Å². The molecule has 108 valence electrons. The zero-order valence-electron chi connectivity index (χ0n) is 11.6. The quantitative estimate of drug-likeness (QED) is 0.776. The average molecular weight is 276 g/mol. The van der Waals surface area contributed by atoms with E-state index in [0.29, 0.717) is 19.8 Å². The molecule has 0 aliphatic carbocycles. The van der Waals surface area contributed by atoms with Crippen molar-refractivity contribution in [2.24, 2.45) is 0 Å². The minimum absolute atomic E-state index is 0.0937. The molecule has 0 aromatic heterocycles. The third-order valence-corrected chi connectivity index (χ3v) is 3.29. The van der Waals surface area contributed by atoms with Gasteiger partial charge in [-0.3, -0.25) is 9.59 Å². The molecule has 1 atom stereocenters. The van der Waals surface area contributed by atoms with Gasteiger partial charge < -0.3 is 15.4 Å². The Labute approximate surface area is 118 Å². The topological polar surface area (TPSA) is 67.4 Å². The summed E-state index contributed by atoms with van der Waals surface area (Å²) in [4.78, 5) is 23.9. The van der Waals surface area contributed by atoms with Crippen molar-refractivity contribution in [3.05, 3.63) is 29.8 Å². The molecule has 1 aliphatic rings. The summed E-state index contributed by atoms with van der Waals surface area (Å²) in [6.45, 7) is 3.83. The van der Waals surface area contributed by atoms with E-state index in [2.05, 4.69) is 10.6 Å². The first-order valence-corrected chi connectivity index (χ1v) is 6.96. The van der Waals surface area contributed by atoms with Gasteiger partial charge >= 0.3 is 0 Å². The fourth-order valence-electron chi connectivity index (χ4n) is 2.30.